The summed E-state index contributed by atoms with van der Waals surface area (Å²) < 4.78 is 0. The monoisotopic (exact) mass is 761 g/mol. The molecule has 0 amide bonds. The normalized spacial score (nSPS) is 68.4. The van der Waals surface area contributed by atoms with Crippen LogP contribution in [-0.2, 0) is 0 Å². The first-order valence-corrected chi connectivity index (χ1v) is 26.7. The van der Waals surface area contributed by atoms with Crippen molar-refractivity contribution in [3.05, 3.63) is 11.1 Å². The minimum absolute atomic E-state index is 0.724. The zero-order chi connectivity index (χ0) is 36.9. The molecule has 0 heterocycles. The van der Waals surface area contributed by atoms with Crippen molar-refractivity contribution >= 4 is 12.6 Å². The highest BCUT2D eigenvalue weighted by atomic mass is 32.1. The predicted molar refractivity (Wildman–Crippen MR) is 228 cm³/mol. The van der Waals surface area contributed by atoms with Crippen molar-refractivity contribution in [2.75, 3.05) is 5.75 Å². The lowest BCUT2D eigenvalue weighted by Crippen LogP contribution is -2.79. The minimum atomic E-state index is 0.724. The van der Waals surface area contributed by atoms with Gasteiger partial charge in [-0.15, -0.1) is 0 Å². The molecule has 0 aromatic rings. The molecule has 15 aliphatic carbocycles. The molecule has 2 spiro atoms. The summed E-state index contributed by atoms with van der Waals surface area (Å²) >= 11 is 5.09. The fraction of sp³-hybridized carbons (Fsp3) is 0.963. The van der Waals surface area contributed by atoms with E-state index < -0.39 is 0 Å². The molecule has 15 rings (SSSR count). The lowest BCUT2D eigenvalue weighted by Gasteiger charge is -2.83. The SMILES string of the molecule is CCCC1C2CCCC(C)CC3CCC4C(C)C5CCC3C3CC67C(C5C)C(C)C5C8C(C9C%10=C%11CC(C8C%119)C56C(C(C)C5CC%105)C37)C(C2C(C)CCS)C41. The molecule has 0 aromatic heterocycles. The van der Waals surface area contributed by atoms with E-state index in [4.69, 9.17) is 12.6 Å². The van der Waals surface area contributed by atoms with Crippen molar-refractivity contribution < 1.29 is 0 Å². The Bertz CT molecular complexity index is 1690. The van der Waals surface area contributed by atoms with Gasteiger partial charge in [0.05, 0.1) is 0 Å². The van der Waals surface area contributed by atoms with Gasteiger partial charge in [-0.3, -0.25) is 0 Å². The summed E-state index contributed by atoms with van der Waals surface area (Å²) in [6.45, 7) is 20.1. The number of allylic oxidation sites excluding steroid dienone is 2. The average molecular weight is 761 g/mol. The maximum atomic E-state index is 5.09. The highest BCUT2D eigenvalue weighted by molar-refractivity contribution is 7.80. The first-order chi connectivity index (χ1) is 26.7. The van der Waals surface area contributed by atoms with E-state index in [0.29, 0.717) is 0 Å². The van der Waals surface area contributed by atoms with Crippen LogP contribution in [0.2, 0.25) is 0 Å². The first-order valence-electron chi connectivity index (χ1n) is 26.1. The molecule has 1 heteroatoms. The largest absolute Gasteiger partial charge is 0.179 e. The van der Waals surface area contributed by atoms with Crippen molar-refractivity contribution in [3.63, 3.8) is 0 Å². The highest BCUT2D eigenvalue weighted by Gasteiger charge is 2.95. The first kappa shape index (κ1) is 34.8. The Balaban J connectivity index is 1.10. The molecule has 13 fully saturated rings. The molecule has 13 saturated carbocycles. The third-order valence-electron chi connectivity index (χ3n) is 25.9. The van der Waals surface area contributed by atoms with Crippen LogP contribution in [0.4, 0.5) is 0 Å². The lowest BCUT2D eigenvalue weighted by molar-refractivity contribution is -0.360. The van der Waals surface area contributed by atoms with Crippen molar-refractivity contribution in [2.45, 2.75) is 138 Å². The molecule has 15 aliphatic rings. The van der Waals surface area contributed by atoms with Crippen LogP contribution < -0.4 is 0 Å². The van der Waals surface area contributed by atoms with Crippen LogP contribution in [0.15, 0.2) is 11.1 Å². The van der Waals surface area contributed by atoms with Gasteiger partial charge in [-0.25, -0.2) is 0 Å². The van der Waals surface area contributed by atoms with Gasteiger partial charge in [-0.2, -0.15) is 12.6 Å². The Morgan fingerprint density at radius 2 is 1.47 bits per heavy atom. The van der Waals surface area contributed by atoms with Gasteiger partial charge in [-0.05, 0) is 246 Å². The standard InChI is InChI=1S/C54H80S/c1-8-10-33-34-12-9-11-23(2)19-29-13-14-31-25(4)30-15-16-32(29)38-22-53-49(26(30)5)28(7)50-48-44-39-21-37-42(36-20-35(36)27(6)51(52(38)53)54(39,50)53)46(43(37)44)47(48)45(41(31)33)40(34)24(3)17-18-55/h23-36,38-41,43-52,55H,8-22H2,1-7H3. The third kappa shape index (κ3) is 3.52. The predicted octanol–water partition coefficient (Wildman–Crippen LogP) is 13.2. The van der Waals surface area contributed by atoms with E-state index in [1.807, 2.05) is 0 Å². The molecule has 0 N–H and O–H groups in total. The van der Waals surface area contributed by atoms with Gasteiger partial charge in [0, 0.05) is 0 Å². The Hall–Kier alpha value is 0.0900. The van der Waals surface area contributed by atoms with Crippen LogP contribution in [-0.4, -0.2) is 5.75 Å². The Morgan fingerprint density at radius 1 is 0.673 bits per heavy atom. The van der Waals surface area contributed by atoms with Gasteiger partial charge >= 0.3 is 0 Å². The van der Waals surface area contributed by atoms with Gasteiger partial charge in [0.25, 0.3) is 0 Å². The summed E-state index contributed by atoms with van der Waals surface area (Å²) in [5, 5.41) is 0. The molecule has 30 unspecified atom stereocenters. The Labute approximate surface area is 342 Å². The molecule has 30 atom stereocenters. The lowest BCUT2D eigenvalue weighted by atomic mass is 9.21. The van der Waals surface area contributed by atoms with E-state index in [2.05, 4.69) is 59.6 Å². The summed E-state index contributed by atoms with van der Waals surface area (Å²) in [5.74, 6) is 29.8. The maximum Gasteiger partial charge on any atom is -0.00949 e. The summed E-state index contributed by atoms with van der Waals surface area (Å²) in [6, 6.07) is 0. The maximum absolute atomic E-state index is 5.09. The van der Waals surface area contributed by atoms with E-state index in [-0.39, 0.29) is 0 Å². The fourth-order valence-electron chi connectivity index (χ4n) is 26.0. The van der Waals surface area contributed by atoms with Crippen molar-refractivity contribution in [3.8, 4) is 0 Å². The van der Waals surface area contributed by atoms with Crippen LogP contribution in [0.25, 0.3) is 0 Å². The van der Waals surface area contributed by atoms with Crippen molar-refractivity contribution in [1.29, 1.82) is 0 Å². The smallest absolute Gasteiger partial charge is 0.00949 e. The fourth-order valence-corrected chi connectivity index (χ4v) is 26.4. The number of fused-ring (bicyclic) bond motifs is 8. The van der Waals surface area contributed by atoms with Crippen LogP contribution in [0.5, 0.6) is 0 Å². The van der Waals surface area contributed by atoms with E-state index in [9.17, 15) is 0 Å². The average Bonchev–Trinajstić information content (AvgIpc) is 3.35. The number of rotatable bonds is 5. The van der Waals surface area contributed by atoms with Gasteiger partial charge < -0.3 is 0 Å². The molecule has 55 heavy (non-hydrogen) atoms. The minimum Gasteiger partial charge on any atom is -0.179 e. The molecular formula is C54H80S. The second-order valence-corrected chi connectivity index (χ2v) is 26.4. The van der Waals surface area contributed by atoms with Crippen molar-refractivity contribution in [2.24, 2.45) is 177 Å². The molecule has 302 valence electrons. The van der Waals surface area contributed by atoms with Crippen LogP contribution in [0.1, 0.15) is 138 Å². The summed E-state index contributed by atoms with van der Waals surface area (Å²) in [4.78, 5) is 0. The second-order valence-electron chi connectivity index (χ2n) is 26.0. The topological polar surface area (TPSA) is 0 Å². The zero-order valence-electron chi connectivity index (χ0n) is 36.2. The molecule has 0 aliphatic heterocycles. The van der Waals surface area contributed by atoms with Crippen LogP contribution in [0.3, 0.4) is 0 Å². The number of hydrogen-bond donors (Lipinski definition) is 1. The molecule has 0 radical (unpaired) electrons. The number of hydrogen-bond acceptors (Lipinski definition) is 1. The molecule has 12 bridgehead atoms. The Kier molecular flexibility index (Phi) is 7.03. The summed E-state index contributed by atoms with van der Waals surface area (Å²) in [7, 11) is 0. The van der Waals surface area contributed by atoms with E-state index in [1.54, 1.807) is 64.2 Å². The van der Waals surface area contributed by atoms with Crippen LogP contribution in [0, 0.1) is 177 Å². The van der Waals surface area contributed by atoms with E-state index in [0.717, 1.165) is 182 Å². The Morgan fingerprint density at radius 3 is 2.29 bits per heavy atom. The van der Waals surface area contributed by atoms with Gasteiger partial charge in [-0.1, -0.05) is 85.3 Å². The van der Waals surface area contributed by atoms with Crippen LogP contribution >= 0.6 is 12.6 Å². The molecule has 0 saturated heterocycles. The third-order valence-corrected chi connectivity index (χ3v) is 26.2. The summed E-state index contributed by atoms with van der Waals surface area (Å²) in [6.07, 6.45) is 22.0. The van der Waals surface area contributed by atoms with Gasteiger partial charge in [0.15, 0.2) is 0 Å². The van der Waals surface area contributed by atoms with E-state index in [1.165, 1.54) is 25.7 Å². The summed E-state index contributed by atoms with van der Waals surface area (Å²) in [5.41, 5.74) is 5.89. The molecular weight excluding hydrogens is 681 g/mol. The molecule has 0 aromatic carbocycles. The number of thiol groups is 1. The van der Waals surface area contributed by atoms with E-state index >= 15 is 0 Å². The van der Waals surface area contributed by atoms with Crippen molar-refractivity contribution in [1.82, 2.24) is 0 Å². The highest BCUT2D eigenvalue weighted by Crippen LogP contribution is 3.00. The van der Waals surface area contributed by atoms with Gasteiger partial charge in [0.2, 0.25) is 0 Å². The quantitative estimate of drug-likeness (QED) is 0.209. The second kappa shape index (κ2) is 11.1. The zero-order valence-corrected chi connectivity index (χ0v) is 37.1. The van der Waals surface area contributed by atoms with Gasteiger partial charge in [0.1, 0.15) is 0 Å². The molecule has 0 nitrogen and oxygen atoms in total.